The molecule has 98 valence electrons. The van der Waals surface area contributed by atoms with Gasteiger partial charge < -0.3 is 4.90 Å². The zero-order valence-corrected chi connectivity index (χ0v) is 11.2. The van der Waals surface area contributed by atoms with Crippen LogP contribution in [0.25, 0.3) is 0 Å². The van der Waals surface area contributed by atoms with Gasteiger partial charge in [-0.15, -0.1) is 0 Å². The van der Waals surface area contributed by atoms with Crippen molar-refractivity contribution in [2.24, 2.45) is 0 Å². The van der Waals surface area contributed by atoms with Gasteiger partial charge in [0.15, 0.2) is 6.29 Å². The molecule has 0 unspecified atom stereocenters. The molecule has 2 heterocycles. The van der Waals surface area contributed by atoms with Crippen LogP contribution < -0.4 is 4.90 Å². The molecule has 0 N–H and O–H groups in total. The minimum atomic E-state index is 0.607. The SMILES string of the molecule is CCN(Cc1ccccn1)c1ncc(C=O)cc1C. The quantitative estimate of drug-likeness (QED) is 0.770. The van der Waals surface area contributed by atoms with E-state index in [1.807, 2.05) is 31.2 Å². The van der Waals surface area contributed by atoms with Crippen LogP contribution >= 0.6 is 0 Å². The Balaban J connectivity index is 2.24. The summed E-state index contributed by atoms with van der Waals surface area (Å²) >= 11 is 0. The number of anilines is 1. The normalized spacial score (nSPS) is 10.2. The van der Waals surface area contributed by atoms with E-state index in [-0.39, 0.29) is 0 Å². The summed E-state index contributed by atoms with van der Waals surface area (Å²) in [5.41, 5.74) is 2.61. The summed E-state index contributed by atoms with van der Waals surface area (Å²) in [6.07, 6.45) is 4.22. The van der Waals surface area contributed by atoms with Gasteiger partial charge in [-0.2, -0.15) is 0 Å². The lowest BCUT2D eigenvalue weighted by molar-refractivity contribution is 0.112. The number of hydrogen-bond donors (Lipinski definition) is 0. The summed E-state index contributed by atoms with van der Waals surface area (Å²) in [4.78, 5) is 21.6. The number of rotatable bonds is 5. The Morgan fingerprint density at radius 1 is 1.32 bits per heavy atom. The first kappa shape index (κ1) is 13.2. The van der Waals surface area contributed by atoms with E-state index in [0.717, 1.165) is 29.9 Å². The van der Waals surface area contributed by atoms with Gasteiger partial charge in [-0.1, -0.05) is 6.07 Å². The van der Waals surface area contributed by atoms with Crippen LogP contribution in [0.4, 0.5) is 5.82 Å². The van der Waals surface area contributed by atoms with Crippen molar-refractivity contribution in [2.45, 2.75) is 20.4 Å². The monoisotopic (exact) mass is 255 g/mol. The fourth-order valence-electron chi connectivity index (χ4n) is 2.01. The van der Waals surface area contributed by atoms with E-state index < -0.39 is 0 Å². The number of aromatic nitrogens is 2. The smallest absolute Gasteiger partial charge is 0.151 e. The van der Waals surface area contributed by atoms with E-state index in [1.165, 1.54) is 0 Å². The van der Waals surface area contributed by atoms with Crippen LogP contribution in [0.2, 0.25) is 0 Å². The largest absolute Gasteiger partial charge is 0.351 e. The first-order valence-corrected chi connectivity index (χ1v) is 6.31. The maximum absolute atomic E-state index is 10.7. The molecule has 0 bridgehead atoms. The van der Waals surface area contributed by atoms with Gasteiger partial charge in [0.05, 0.1) is 12.2 Å². The Bertz CT molecular complexity index is 555. The van der Waals surface area contributed by atoms with Gasteiger partial charge in [-0.3, -0.25) is 9.78 Å². The molecule has 0 fully saturated rings. The third-order valence-corrected chi connectivity index (χ3v) is 2.97. The van der Waals surface area contributed by atoms with Crippen molar-refractivity contribution in [1.29, 1.82) is 0 Å². The second-order valence-corrected chi connectivity index (χ2v) is 4.36. The van der Waals surface area contributed by atoms with Crippen LogP contribution in [0.1, 0.15) is 28.5 Å². The summed E-state index contributed by atoms with van der Waals surface area (Å²) in [6, 6.07) is 7.74. The predicted octanol–water partition coefficient (Wildman–Crippen LogP) is 2.62. The molecule has 4 heteroatoms. The molecule has 0 spiro atoms. The second kappa shape index (κ2) is 6.09. The van der Waals surface area contributed by atoms with Crippen LogP contribution in [0.5, 0.6) is 0 Å². The Labute approximate surface area is 113 Å². The molecule has 0 aliphatic heterocycles. The topological polar surface area (TPSA) is 46.1 Å². The van der Waals surface area contributed by atoms with E-state index in [0.29, 0.717) is 12.1 Å². The van der Waals surface area contributed by atoms with E-state index in [9.17, 15) is 4.79 Å². The first-order chi connectivity index (χ1) is 9.24. The summed E-state index contributed by atoms with van der Waals surface area (Å²) in [7, 11) is 0. The van der Waals surface area contributed by atoms with Gasteiger partial charge in [-0.05, 0) is 37.6 Å². The number of nitrogens with zero attached hydrogens (tertiary/aromatic N) is 3. The molecule has 0 atom stereocenters. The van der Waals surface area contributed by atoms with E-state index >= 15 is 0 Å². The van der Waals surface area contributed by atoms with Crippen molar-refractivity contribution in [2.75, 3.05) is 11.4 Å². The van der Waals surface area contributed by atoms with Crippen LogP contribution in [0, 0.1) is 6.92 Å². The highest BCUT2D eigenvalue weighted by Crippen LogP contribution is 2.19. The lowest BCUT2D eigenvalue weighted by atomic mass is 10.2. The maximum Gasteiger partial charge on any atom is 0.151 e. The molecule has 0 amide bonds. The average molecular weight is 255 g/mol. The Kier molecular flexibility index (Phi) is 4.23. The second-order valence-electron chi connectivity index (χ2n) is 4.36. The van der Waals surface area contributed by atoms with Gasteiger partial charge in [0.1, 0.15) is 5.82 Å². The number of carbonyl (C=O) groups is 1. The van der Waals surface area contributed by atoms with Crippen LogP contribution in [-0.2, 0) is 6.54 Å². The summed E-state index contributed by atoms with van der Waals surface area (Å²) in [5.74, 6) is 0.902. The minimum Gasteiger partial charge on any atom is -0.351 e. The zero-order valence-electron chi connectivity index (χ0n) is 11.2. The minimum absolute atomic E-state index is 0.607. The molecular formula is C15H17N3O. The molecular weight excluding hydrogens is 238 g/mol. The van der Waals surface area contributed by atoms with Crippen LogP contribution in [0.3, 0.4) is 0 Å². The van der Waals surface area contributed by atoms with Gasteiger partial charge in [0.2, 0.25) is 0 Å². The third kappa shape index (κ3) is 3.16. The molecule has 2 aromatic rings. The van der Waals surface area contributed by atoms with Crippen molar-refractivity contribution >= 4 is 12.1 Å². The first-order valence-electron chi connectivity index (χ1n) is 6.31. The van der Waals surface area contributed by atoms with E-state index in [1.54, 1.807) is 12.4 Å². The van der Waals surface area contributed by atoms with E-state index in [2.05, 4.69) is 21.8 Å². The fraction of sp³-hybridized carbons (Fsp3) is 0.267. The number of hydrogen-bond acceptors (Lipinski definition) is 4. The summed E-state index contributed by atoms with van der Waals surface area (Å²) < 4.78 is 0. The Morgan fingerprint density at radius 2 is 2.16 bits per heavy atom. The Morgan fingerprint density at radius 3 is 2.74 bits per heavy atom. The van der Waals surface area contributed by atoms with Crippen molar-refractivity contribution in [1.82, 2.24) is 9.97 Å². The highest BCUT2D eigenvalue weighted by Gasteiger charge is 2.10. The van der Waals surface area contributed by atoms with Crippen molar-refractivity contribution in [3.8, 4) is 0 Å². The molecule has 0 aliphatic carbocycles. The third-order valence-electron chi connectivity index (χ3n) is 2.97. The maximum atomic E-state index is 10.7. The summed E-state index contributed by atoms with van der Waals surface area (Å²) in [5, 5.41) is 0. The molecule has 0 aromatic carbocycles. The van der Waals surface area contributed by atoms with E-state index in [4.69, 9.17) is 0 Å². The number of aryl methyl sites for hydroxylation is 1. The number of pyridine rings is 2. The highest BCUT2D eigenvalue weighted by molar-refractivity contribution is 5.75. The highest BCUT2D eigenvalue weighted by atomic mass is 16.1. The Hall–Kier alpha value is -2.23. The van der Waals surface area contributed by atoms with Crippen molar-refractivity contribution in [3.63, 3.8) is 0 Å². The molecule has 4 nitrogen and oxygen atoms in total. The van der Waals surface area contributed by atoms with Gasteiger partial charge in [-0.25, -0.2) is 4.98 Å². The van der Waals surface area contributed by atoms with Crippen LogP contribution in [0.15, 0.2) is 36.7 Å². The van der Waals surface area contributed by atoms with Gasteiger partial charge in [0.25, 0.3) is 0 Å². The summed E-state index contributed by atoms with van der Waals surface area (Å²) in [6.45, 7) is 5.60. The lowest BCUT2D eigenvalue weighted by Gasteiger charge is -2.23. The van der Waals surface area contributed by atoms with Crippen molar-refractivity contribution in [3.05, 3.63) is 53.5 Å². The lowest BCUT2D eigenvalue weighted by Crippen LogP contribution is -2.24. The molecule has 2 rings (SSSR count). The molecule has 2 aromatic heterocycles. The predicted molar refractivity (Wildman–Crippen MR) is 75.3 cm³/mol. The number of aldehydes is 1. The molecule has 19 heavy (non-hydrogen) atoms. The van der Waals surface area contributed by atoms with Crippen LogP contribution in [-0.4, -0.2) is 22.8 Å². The van der Waals surface area contributed by atoms with Gasteiger partial charge >= 0.3 is 0 Å². The molecule has 0 aliphatic rings. The molecule has 0 radical (unpaired) electrons. The standard InChI is InChI=1S/C15H17N3O/c1-3-18(10-14-6-4-5-7-16-14)15-12(2)8-13(11-19)9-17-15/h4-9,11H,3,10H2,1-2H3. The molecule has 0 saturated heterocycles. The number of carbonyl (C=O) groups excluding carboxylic acids is 1. The zero-order chi connectivity index (χ0) is 13.7. The van der Waals surface area contributed by atoms with Crippen molar-refractivity contribution < 1.29 is 4.79 Å². The fourth-order valence-corrected chi connectivity index (χ4v) is 2.01. The van der Waals surface area contributed by atoms with Gasteiger partial charge in [0, 0.05) is 24.5 Å². The molecule has 0 saturated carbocycles. The average Bonchev–Trinajstić information content (AvgIpc) is 2.46.